The summed E-state index contributed by atoms with van der Waals surface area (Å²) in [5, 5.41) is 9.37. The molecular weight excluding hydrogens is 422 g/mol. The first kappa shape index (κ1) is 22.2. The highest BCUT2D eigenvalue weighted by Crippen LogP contribution is 2.35. The van der Waals surface area contributed by atoms with E-state index in [0.717, 1.165) is 5.56 Å². The van der Waals surface area contributed by atoms with E-state index in [-0.39, 0.29) is 23.0 Å². The van der Waals surface area contributed by atoms with Gasteiger partial charge in [-0.25, -0.2) is 4.79 Å². The lowest BCUT2D eigenvalue weighted by molar-refractivity contribution is -0.150. The number of ether oxygens (including phenoxy) is 4. The van der Waals surface area contributed by atoms with Crippen molar-refractivity contribution in [2.75, 3.05) is 7.11 Å². The summed E-state index contributed by atoms with van der Waals surface area (Å²) in [4.78, 5) is 25.4. The Morgan fingerprint density at radius 3 is 2.52 bits per heavy atom. The van der Waals surface area contributed by atoms with E-state index in [1.807, 2.05) is 24.3 Å². The number of esters is 1. The van der Waals surface area contributed by atoms with Crippen molar-refractivity contribution in [1.82, 2.24) is 0 Å². The third-order valence-electron chi connectivity index (χ3n) is 5.69. The normalized spacial score (nSPS) is 22.2. The van der Waals surface area contributed by atoms with Crippen LogP contribution in [0.1, 0.15) is 24.8 Å². The number of carbonyl (C=O) groups excluding carboxylic acids is 2. The summed E-state index contributed by atoms with van der Waals surface area (Å²) in [6.45, 7) is 0. The van der Waals surface area contributed by atoms with Gasteiger partial charge in [0.2, 0.25) is 11.5 Å². The van der Waals surface area contributed by atoms with Crippen LogP contribution in [-0.2, 0) is 19.1 Å². The van der Waals surface area contributed by atoms with Crippen LogP contribution in [0, 0.1) is 17.2 Å². The van der Waals surface area contributed by atoms with E-state index in [4.69, 9.17) is 18.9 Å². The summed E-state index contributed by atoms with van der Waals surface area (Å²) in [7, 11) is 1.57. The first-order chi connectivity index (χ1) is 16.1. The molecule has 168 valence electrons. The minimum Gasteiger partial charge on any atom is -0.497 e. The molecule has 1 fully saturated rings. The summed E-state index contributed by atoms with van der Waals surface area (Å²) in [6.07, 6.45) is 3.36. The Kier molecular flexibility index (Phi) is 6.75. The molecule has 1 saturated carbocycles. The molecule has 1 aliphatic heterocycles. The van der Waals surface area contributed by atoms with Crippen molar-refractivity contribution >= 4 is 17.8 Å². The van der Waals surface area contributed by atoms with Crippen molar-refractivity contribution in [3.8, 4) is 17.6 Å². The van der Waals surface area contributed by atoms with Crippen LogP contribution < -0.4 is 9.47 Å². The molecule has 2 aliphatic rings. The van der Waals surface area contributed by atoms with Gasteiger partial charge < -0.3 is 18.9 Å². The summed E-state index contributed by atoms with van der Waals surface area (Å²) in [5.41, 5.74) is 0.671. The number of methoxy groups -OCH3 is 1. The molecule has 7 nitrogen and oxygen atoms in total. The molecule has 2 aromatic carbocycles. The molecule has 0 bridgehead atoms. The molecule has 7 heteroatoms. The lowest BCUT2D eigenvalue weighted by atomic mass is 9.80. The van der Waals surface area contributed by atoms with E-state index in [0.29, 0.717) is 30.8 Å². The Morgan fingerprint density at radius 2 is 1.82 bits per heavy atom. The average Bonchev–Trinajstić information content (AvgIpc) is 2.85. The number of hydrogen-bond acceptors (Lipinski definition) is 7. The molecule has 3 atom stereocenters. The van der Waals surface area contributed by atoms with Crippen LogP contribution in [0.15, 0.2) is 72.2 Å². The Morgan fingerprint density at radius 1 is 1.09 bits per heavy atom. The van der Waals surface area contributed by atoms with Gasteiger partial charge in [-0.1, -0.05) is 30.3 Å². The molecule has 0 aromatic heterocycles. The van der Waals surface area contributed by atoms with Gasteiger partial charge in [-0.05, 0) is 48.7 Å². The van der Waals surface area contributed by atoms with E-state index in [1.165, 1.54) is 12.3 Å². The SMILES string of the molecule is COc1ccc(OC2=COC3CC(OC(=O)/C(C#N)=C/c4ccccc4)CCC3C2=O)cc1. The highest BCUT2D eigenvalue weighted by Gasteiger charge is 2.42. The first-order valence-electron chi connectivity index (χ1n) is 10.7. The Balaban J connectivity index is 1.37. The molecule has 0 spiro atoms. The maximum absolute atomic E-state index is 12.9. The monoisotopic (exact) mass is 445 g/mol. The number of rotatable bonds is 6. The zero-order valence-corrected chi connectivity index (χ0v) is 18.1. The second-order valence-corrected chi connectivity index (χ2v) is 7.83. The fourth-order valence-electron chi connectivity index (χ4n) is 3.95. The van der Waals surface area contributed by atoms with Gasteiger partial charge in [-0.2, -0.15) is 5.26 Å². The summed E-state index contributed by atoms with van der Waals surface area (Å²) in [5.74, 6) is 0.172. The van der Waals surface area contributed by atoms with E-state index >= 15 is 0 Å². The van der Waals surface area contributed by atoms with Gasteiger partial charge in [0.1, 0.15) is 41.6 Å². The number of hydrogen-bond donors (Lipinski definition) is 0. The molecule has 0 N–H and O–H groups in total. The van der Waals surface area contributed by atoms with E-state index in [2.05, 4.69) is 0 Å². The summed E-state index contributed by atoms with van der Waals surface area (Å²) < 4.78 is 22.2. The number of benzene rings is 2. The molecule has 33 heavy (non-hydrogen) atoms. The minimum atomic E-state index is -0.675. The van der Waals surface area contributed by atoms with Crippen LogP contribution in [0.5, 0.6) is 11.5 Å². The molecule has 0 saturated heterocycles. The highest BCUT2D eigenvalue weighted by atomic mass is 16.6. The van der Waals surface area contributed by atoms with Crippen LogP contribution in [0.25, 0.3) is 6.08 Å². The molecule has 3 unspecified atom stereocenters. The molecular formula is C26H23NO6. The number of nitrogens with zero attached hydrogens (tertiary/aromatic N) is 1. The maximum atomic E-state index is 12.9. The fourth-order valence-corrected chi connectivity index (χ4v) is 3.95. The van der Waals surface area contributed by atoms with E-state index in [9.17, 15) is 14.9 Å². The zero-order chi connectivity index (χ0) is 23.2. The van der Waals surface area contributed by atoms with Gasteiger partial charge in [0.15, 0.2) is 0 Å². The van der Waals surface area contributed by atoms with Crippen molar-refractivity contribution in [3.05, 3.63) is 77.8 Å². The second kappa shape index (κ2) is 10.0. The number of Topliss-reactive ketones (excluding diaryl/α,β-unsaturated/α-hetero) is 1. The lowest BCUT2D eigenvalue weighted by Gasteiger charge is -2.36. The van der Waals surface area contributed by atoms with Crippen LogP contribution in [0.3, 0.4) is 0 Å². The van der Waals surface area contributed by atoms with Gasteiger partial charge in [-0.3, -0.25) is 4.79 Å². The fraction of sp³-hybridized carbons (Fsp3) is 0.269. The average molecular weight is 445 g/mol. The second-order valence-electron chi connectivity index (χ2n) is 7.83. The van der Waals surface area contributed by atoms with Gasteiger partial charge >= 0.3 is 5.97 Å². The quantitative estimate of drug-likeness (QED) is 0.374. The predicted molar refractivity (Wildman–Crippen MR) is 119 cm³/mol. The standard InChI is InChI=1S/C26H23NO6/c1-30-19-7-9-20(10-8-19)32-24-16-31-23-14-21(11-12-22(23)25(24)28)33-26(29)18(15-27)13-17-5-3-2-4-6-17/h2-10,13,16,21-23H,11-12,14H2,1H3/b18-13+. The van der Waals surface area contributed by atoms with Crippen molar-refractivity contribution in [2.24, 2.45) is 5.92 Å². The van der Waals surface area contributed by atoms with Gasteiger partial charge in [0.25, 0.3) is 0 Å². The number of allylic oxidation sites excluding steroid dienone is 1. The van der Waals surface area contributed by atoms with Crippen molar-refractivity contribution in [2.45, 2.75) is 31.5 Å². The van der Waals surface area contributed by atoms with Crippen molar-refractivity contribution in [1.29, 1.82) is 5.26 Å². The first-order valence-corrected chi connectivity index (χ1v) is 10.7. The summed E-state index contributed by atoms with van der Waals surface area (Å²) >= 11 is 0. The molecule has 4 rings (SSSR count). The van der Waals surface area contributed by atoms with Crippen LogP contribution >= 0.6 is 0 Å². The highest BCUT2D eigenvalue weighted by molar-refractivity contribution is 5.98. The number of carbonyl (C=O) groups is 2. The molecule has 2 aromatic rings. The van der Waals surface area contributed by atoms with Gasteiger partial charge in [0, 0.05) is 6.42 Å². The predicted octanol–water partition coefficient (Wildman–Crippen LogP) is 4.20. The topological polar surface area (TPSA) is 94.8 Å². The smallest absolute Gasteiger partial charge is 0.349 e. The molecule has 0 radical (unpaired) electrons. The summed E-state index contributed by atoms with van der Waals surface area (Å²) in [6, 6.07) is 17.9. The Labute approximate surface area is 191 Å². The number of ketones is 1. The van der Waals surface area contributed by atoms with Crippen LogP contribution in [-0.4, -0.2) is 31.1 Å². The number of fused-ring (bicyclic) bond motifs is 1. The lowest BCUT2D eigenvalue weighted by Crippen LogP contribution is -2.43. The van der Waals surface area contributed by atoms with Crippen LogP contribution in [0.2, 0.25) is 0 Å². The van der Waals surface area contributed by atoms with Crippen molar-refractivity contribution < 1.29 is 28.5 Å². The van der Waals surface area contributed by atoms with Crippen molar-refractivity contribution in [3.63, 3.8) is 0 Å². The molecule has 1 heterocycles. The van der Waals surface area contributed by atoms with E-state index < -0.39 is 18.2 Å². The zero-order valence-electron chi connectivity index (χ0n) is 18.1. The molecule has 0 amide bonds. The number of nitriles is 1. The Hall–Kier alpha value is -4.05. The Bertz CT molecular complexity index is 1110. The van der Waals surface area contributed by atoms with Gasteiger partial charge in [0.05, 0.1) is 13.0 Å². The molecule has 1 aliphatic carbocycles. The van der Waals surface area contributed by atoms with E-state index in [1.54, 1.807) is 43.5 Å². The van der Waals surface area contributed by atoms with Crippen LogP contribution in [0.4, 0.5) is 0 Å². The third kappa shape index (κ3) is 5.24. The maximum Gasteiger partial charge on any atom is 0.349 e. The third-order valence-corrected chi connectivity index (χ3v) is 5.69. The minimum absolute atomic E-state index is 0.0703. The largest absolute Gasteiger partial charge is 0.497 e. The van der Waals surface area contributed by atoms with Gasteiger partial charge in [-0.15, -0.1) is 0 Å².